The Morgan fingerprint density at radius 1 is 1.29 bits per heavy atom. The summed E-state index contributed by atoms with van der Waals surface area (Å²) in [7, 11) is -1.33. The number of aromatic nitrogens is 3. The molecule has 2 aromatic rings. The Balaban J connectivity index is 2.35. The molecule has 0 aliphatic rings. The van der Waals surface area contributed by atoms with E-state index < -0.39 is 9.84 Å². The number of benzene rings is 1. The molecule has 0 radical (unpaired) electrons. The second-order valence-corrected chi connectivity index (χ2v) is 7.03. The van der Waals surface area contributed by atoms with Crippen molar-refractivity contribution < 1.29 is 8.42 Å². The van der Waals surface area contributed by atoms with Gasteiger partial charge in [-0.15, -0.1) is 5.10 Å². The molecule has 7 heteroatoms. The molecule has 0 aliphatic carbocycles. The van der Waals surface area contributed by atoms with Gasteiger partial charge in [-0.05, 0) is 30.7 Å². The molecule has 21 heavy (non-hydrogen) atoms. The third kappa shape index (κ3) is 3.68. The summed E-state index contributed by atoms with van der Waals surface area (Å²) in [6.45, 7) is 2.95. The lowest BCUT2D eigenvalue weighted by molar-refractivity contribution is 0.550. The van der Waals surface area contributed by atoms with Crippen LogP contribution in [-0.2, 0) is 16.9 Å². The van der Waals surface area contributed by atoms with Crippen LogP contribution >= 0.6 is 0 Å². The molecule has 0 fully saturated rings. The fourth-order valence-electron chi connectivity index (χ4n) is 2.15. The molecule has 1 atom stereocenters. The predicted molar refractivity (Wildman–Crippen MR) is 80.7 cm³/mol. The summed E-state index contributed by atoms with van der Waals surface area (Å²) < 4.78 is 24.8. The van der Waals surface area contributed by atoms with Crippen molar-refractivity contribution in [1.29, 1.82) is 0 Å². The molecule has 1 N–H and O–H groups in total. The van der Waals surface area contributed by atoms with Gasteiger partial charge in [-0.3, -0.25) is 4.68 Å². The lowest BCUT2D eigenvalue weighted by Crippen LogP contribution is -2.25. The highest BCUT2D eigenvalue weighted by molar-refractivity contribution is 7.90. The summed E-state index contributed by atoms with van der Waals surface area (Å²) in [4.78, 5) is 0.323. The molecule has 0 saturated carbocycles. The Hall–Kier alpha value is -1.73. The van der Waals surface area contributed by atoms with Crippen molar-refractivity contribution >= 4 is 9.84 Å². The second-order valence-electron chi connectivity index (χ2n) is 5.01. The molecule has 0 spiro atoms. The normalized spacial score (nSPS) is 13.3. The zero-order valence-corrected chi connectivity index (χ0v) is 13.3. The lowest BCUT2D eigenvalue weighted by atomic mass is 10.0. The van der Waals surface area contributed by atoms with E-state index in [1.165, 1.54) is 6.26 Å². The summed E-state index contributed by atoms with van der Waals surface area (Å²) in [5.74, 6) is 0. The van der Waals surface area contributed by atoms with E-state index in [0.29, 0.717) is 4.90 Å². The zero-order chi connectivity index (χ0) is 15.5. The van der Waals surface area contributed by atoms with Gasteiger partial charge in [0, 0.05) is 13.3 Å². The van der Waals surface area contributed by atoms with E-state index in [0.717, 1.165) is 24.2 Å². The smallest absolute Gasteiger partial charge is 0.175 e. The average molecular weight is 308 g/mol. The van der Waals surface area contributed by atoms with Crippen molar-refractivity contribution in [2.45, 2.75) is 24.3 Å². The van der Waals surface area contributed by atoms with Crippen LogP contribution in [0.4, 0.5) is 0 Å². The number of aryl methyl sites for hydroxylation is 1. The van der Waals surface area contributed by atoms with Crippen molar-refractivity contribution in [3.05, 3.63) is 41.7 Å². The van der Waals surface area contributed by atoms with E-state index in [2.05, 4.69) is 22.6 Å². The van der Waals surface area contributed by atoms with Gasteiger partial charge in [-0.2, -0.15) is 0 Å². The van der Waals surface area contributed by atoms with Crippen LogP contribution in [0.3, 0.4) is 0 Å². The summed E-state index contributed by atoms with van der Waals surface area (Å²) in [5, 5.41) is 11.3. The van der Waals surface area contributed by atoms with E-state index in [1.54, 1.807) is 23.0 Å². The summed E-state index contributed by atoms with van der Waals surface area (Å²) >= 11 is 0. The fraction of sp³-hybridized carbons (Fsp3) is 0.429. The van der Waals surface area contributed by atoms with Crippen molar-refractivity contribution in [2.24, 2.45) is 7.05 Å². The van der Waals surface area contributed by atoms with Crippen LogP contribution in [0.2, 0.25) is 0 Å². The fourth-order valence-corrected chi connectivity index (χ4v) is 2.78. The van der Waals surface area contributed by atoms with Crippen LogP contribution in [0.15, 0.2) is 35.4 Å². The highest BCUT2D eigenvalue weighted by Crippen LogP contribution is 2.22. The summed E-state index contributed by atoms with van der Waals surface area (Å²) in [5.41, 5.74) is 1.93. The minimum absolute atomic E-state index is 0.0569. The number of nitrogens with zero attached hydrogens (tertiary/aromatic N) is 3. The quantitative estimate of drug-likeness (QED) is 0.870. The zero-order valence-electron chi connectivity index (χ0n) is 12.4. The molecule has 0 bridgehead atoms. The summed E-state index contributed by atoms with van der Waals surface area (Å²) in [6, 6.07) is 6.87. The first-order chi connectivity index (χ1) is 9.93. The van der Waals surface area contributed by atoms with Crippen LogP contribution in [0.5, 0.6) is 0 Å². The maximum atomic E-state index is 11.5. The molecule has 6 nitrogen and oxygen atoms in total. The Labute approximate surface area is 125 Å². The Bertz CT molecular complexity index is 692. The van der Waals surface area contributed by atoms with Crippen LogP contribution in [0, 0.1) is 0 Å². The van der Waals surface area contributed by atoms with Crippen LogP contribution in [0.25, 0.3) is 0 Å². The van der Waals surface area contributed by atoms with Crippen molar-refractivity contribution in [3.8, 4) is 0 Å². The first-order valence-electron chi connectivity index (χ1n) is 6.81. The van der Waals surface area contributed by atoms with E-state index in [4.69, 9.17) is 0 Å². The van der Waals surface area contributed by atoms with Gasteiger partial charge in [0.1, 0.15) is 0 Å². The molecular formula is C14H20N4O2S. The Morgan fingerprint density at radius 3 is 2.43 bits per heavy atom. The molecule has 114 valence electrons. The van der Waals surface area contributed by atoms with Gasteiger partial charge >= 0.3 is 0 Å². The van der Waals surface area contributed by atoms with Gasteiger partial charge in [0.25, 0.3) is 0 Å². The third-order valence-electron chi connectivity index (χ3n) is 3.29. The Kier molecular flexibility index (Phi) is 4.74. The average Bonchev–Trinajstić information content (AvgIpc) is 2.85. The van der Waals surface area contributed by atoms with Gasteiger partial charge in [0.15, 0.2) is 9.84 Å². The molecule has 2 rings (SSSR count). The SMILES string of the molecule is CCCNC(c1ccc(S(C)(=O)=O)cc1)c1cnnn1C. The van der Waals surface area contributed by atoms with Crippen molar-refractivity contribution in [1.82, 2.24) is 20.3 Å². The minimum Gasteiger partial charge on any atom is -0.305 e. The van der Waals surface area contributed by atoms with E-state index in [-0.39, 0.29) is 6.04 Å². The lowest BCUT2D eigenvalue weighted by Gasteiger charge is -2.19. The summed E-state index contributed by atoms with van der Waals surface area (Å²) in [6.07, 6.45) is 3.93. The van der Waals surface area contributed by atoms with Crippen molar-refractivity contribution in [2.75, 3.05) is 12.8 Å². The molecule has 1 aromatic carbocycles. The molecule has 0 amide bonds. The van der Waals surface area contributed by atoms with Crippen LogP contribution in [-0.4, -0.2) is 36.2 Å². The Morgan fingerprint density at radius 2 is 1.95 bits per heavy atom. The number of sulfone groups is 1. The number of hydrogen-bond donors (Lipinski definition) is 1. The first kappa shape index (κ1) is 15.7. The van der Waals surface area contributed by atoms with Gasteiger partial charge < -0.3 is 5.32 Å². The minimum atomic E-state index is -3.17. The first-order valence-corrected chi connectivity index (χ1v) is 8.70. The molecule has 1 aromatic heterocycles. The van der Waals surface area contributed by atoms with Gasteiger partial charge in [0.05, 0.1) is 22.8 Å². The number of rotatable bonds is 6. The van der Waals surface area contributed by atoms with E-state index in [1.807, 2.05) is 19.2 Å². The monoisotopic (exact) mass is 308 g/mol. The molecule has 0 saturated heterocycles. The van der Waals surface area contributed by atoms with E-state index in [9.17, 15) is 8.42 Å². The number of hydrogen-bond acceptors (Lipinski definition) is 5. The van der Waals surface area contributed by atoms with E-state index >= 15 is 0 Å². The van der Waals surface area contributed by atoms with Gasteiger partial charge in [-0.25, -0.2) is 8.42 Å². The molecule has 1 heterocycles. The maximum Gasteiger partial charge on any atom is 0.175 e. The topological polar surface area (TPSA) is 76.9 Å². The van der Waals surface area contributed by atoms with Gasteiger partial charge in [0.2, 0.25) is 0 Å². The highest BCUT2D eigenvalue weighted by Gasteiger charge is 2.18. The van der Waals surface area contributed by atoms with Crippen molar-refractivity contribution in [3.63, 3.8) is 0 Å². The number of nitrogens with one attached hydrogen (secondary N) is 1. The molecule has 1 unspecified atom stereocenters. The standard InChI is InChI=1S/C14H20N4O2S/c1-4-9-15-14(13-10-16-17-18(13)2)11-5-7-12(8-6-11)21(3,19)20/h5-8,10,14-15H,4,9H2,1-3H3. The highest BCUT2D eigenvalue weighted by atomic mass is 32.2. The van der Waals surface area contributed by atoms with Gasteiger partial charge in [-0.1, -0.05) is 24.3 Å². The second kappa shape index (κ2) is 6.36. The third-order valence-corrected chi connectivity index (χ3v) is 4.41. The predicted octanol–water partition coefficient (Wildman–Crippen LogP) is 1.31. The molecular weight excluding hydrogens is 288 g/mol. The largest absolute Gasteiger partial charge is 0.305 e. The molecule has 0 aliphatic heterocycles. The van der Waals surface area contributed by atoms with Crippen LogP contribution in [0.1, 0.15) is 30.6 Å². The van der Waals surface area contributed by atoms with Crippen LogP contribution < -0.4 is 5.32 Å². The maximum absolute atomic E-state index is 11.5.